The summed E-state index contributed by atoms with van der Waals surface area (Å²) in [6.45, 7) is 10.2. The fraction of sp³-hybridized carbons (Fsp3) is 0.533. The molecule has 0 aliphatic carbocycles. The molecule has 0 bridgehead atoms. The highest BCUT2D eigenvalue weighted by Crippen LogP contribution is 2.18. The van der Waals surface area contributed by atoms with E-state index in [0.29, 0.717) is 0 Å². The molecule has 4 heteroatoms. The van der Waals surface area contributed by atoms with E-state index in [1.54, 1.807) is 0 Å². The van der Waals surface area contributed by atoms with Crippen LogP contribution in [0.15, 0.2) is 18.2 Å². The Morgan fingerprint density at radius 1 is 1.32 bits per heavy atom. The average Bonchev–Trinajstić information content (AvgIpc) is 2.63. The summed E-state index contributed by atoms with van der Waals surface area (Å²) in [6, 6.07) is 4.80. The monoisotopic (exact) mass is 263 g/mol. The highest BCUT2D eigenvalue weighted by atomic mass is 19.1. The first-order valence-corrected chi connectivity index (χ1v) is 6.80. The summed E-state index contributed by atoms with van der Waals surface area (Å²) in [5.41, 5.74) is 1.86. The molecule has 0 aliphatic heterocycles. The maximum atomic E-state index is 13.2. The van der Waals surface area contributed by atoms with Crippen LogP contribution in [0.2, 0.25) is 0 Å². The van der Waals surface area contributed by atoms with E-state index in [4.69, 9.17) is 0 Å². The summed E-state index contributed by atoms with van der Waals surface area (Å²) in [6.07, 6.45) is 0.849. The number of rotatable bonds is 4. The molecule has 2 rings (SSSR count). The first-order chi connectivity index (χ1) is 8.90. The van der Waals surface area contributed by atoms with E-state index in [0.717, 1.165) is 36.4 Å². The molecule has 0 saturated heterocycles. The van der Waals surface area contributed by atoms with Gasteiger partial charge in [-0.05, 0) is 39.8 Å². The molecule has 1 aromatic heterocycles. The molecule has 0 saturated carbocycles. The Balaban J connectivity index is 2.22. The van der Waals surface area contributed by atoms with Crippen LogP contribution in [-0.4, -0.2) is 21.6 Å². The van der Waals surface area contributed by atoms with Gasteiger partial charge in [0.15, 0.2) is 0 Å². The number of fused-ring (bicyclic) bond motifs is 1. The van der Waals surface area contributed by atoms with Crippen molar-refractivity contribution in [1.82, 2.24) is 14.9 Å². The van der Waals surface area contributed by atoms with Crippen molar-refractivity contribution in [2.24, 2.45) is 0 Å². The quantitative estimate of drug-likeness (QED) is 0.918. The van der Waals surface area contributed by atoms with Gasteiger partial charge in [-0.15, -0.1) is 0 Å². The second kappa shape index (κ2) is 5.29. The molecule has 0 amide bonds. The van der Waals surface area contributed by atoms with Crippen molar-refractivity contribution < 1.29 is 4.39 Å². The summed E-state index contributed by atoms with van der Waals surface area (Å²) < 4.78 is 15.4. The van der Waals surface area contributed by atoms with Gasteiger partial charge in [-0.2, -0.15) is 0 Å². The van der Waals surface area contributed by atoms with Gasteiger partial charge >= 0.3 is 0 Å². The zero-order valence-electron chi connectivity index (χ0n) is 12.1. The third-order valence-corrected chi connectivity index (χ3v) is 3.11. The number of halogens is 1. The first-order valence-electron chi connectivity index (χ1n) is 6.80. The molecule has 1 N–H and O–H groups in total. The topological polar surface area (TPSA) is 29.9 Å². The third-order valence-electron chi connectivity index (χ3n) is 3.11. The zero-order chi connectivity index (χ0) is 14.0. The van der Waals surface area contributed by atoms with Gasteiger partial charge in [-0.25, -0.2) is 9.37 Å². The van der Waals surface area contributed by atoms with Gasteiger partial charge in [0.05, 0.1) is 11.0 Å². The van der Waals surface area contributed by atoms with Crippen molar-refractivity contribution in [3.05, 3.63) is 29.8 Å². The van der Waals surface area contributed by atoms with Crippen LogP contribution in [0, 0.1) is 5.82 Å². The van der Waals surface area contributed by atoms with Crippen LogP contribution in [0.4, 0.5) is 4.39 Å². The molecule has 0 unspecified atom stereocenters. The Morgan fingerprint density at radius 2 is 2.05 bits per heavy atom. The van der Waals surface area contributed by atoms with Crippen molar-refractivity contribution in [2.45, 2.75) is 46.2 Å². The van der Waals surface area contributed by atoms with Crippen molar-refractivity contribution in [2.75, 3.05) is 6.54 Å². The van der Waals surface area contributed by atoms with E-state index >= 15 is 0 Å². The molecule has 3 nitrogen and oxygen atoms in total. The van der Waals surface area contributed by atoms with Gasteiger partial charge in [-0.3, -0.25) is 0 Å². The van der Waals surface area contributed by atoms with Crippen LogP contribution in [0.1, 0.15) is 33.5 Å². The van der Waals surface area contributed by atoms with Gasteiger partial charge in [-0.1, -0.05) is 0 Å². The van der Waals surface area contributed by atoms with Gasteiger partial charge in [0.1, 0.15) is 11.6 Å². The second-order valence-electron chi connectivity index (χ2n) is 5.83. The minimum atomic E-state index is -0.229. The van der Waals surface area contributed by atoms with Crippen molar-refractivity contribution >= 4 is 11.0 Å². The van der Waals surface area contributed by atoms with E-state index in [1.807, 2.05) is 6.07 Å². The summed E-state index contributed by atoms with van der Waals surface area (Å²) in [5, 5.41) is 3.45. The van der Waals surface area contributed by atoms with Crippen molar-refractivity contribution in [3.63, 3.8) is 0 Å². The van der Waals surface area contributed by atoms with E-state index in [1.165, 1.54) is 12.1 Å². The molecule has 0 spiro atoms. The molecule has 1 aromatic carbocycles. The van der Waals surface area contributed by atoms with Crippen molar-refractivity contribution in [1.29, 1.82) is 0 Å². The highest BCUT2D eigenvalue weighted by molar-refractivity contribution is 5.76. The molecule has 2 aromatic rings. The van der Waals surface area contributed by atoms with Crippen LogP contribution in [-0.2, 0) is 13.0 Å². The number of aryl methyl sites for hydroxylation is 1. The number of imidazole rings is 1. The molecule has 0 aliphatic rings. The summed E-state index contributed by atoms with van der Waals surface area (Å²) in [4.78, 5) is 4.55. The van der Waals surface area contributed by atoms with Gasteiger partial charge in [0, 0.05) is 31.1 Å². The standard InChI is InChI=1S/C15H22FN3/c1-5-19-13-7-6-11(16)10-12(13)18-14(19)8-9-17-15(2,3)4/h6-7,10,17H,5,8-9H2,1-4H3. The largest absolute Gasteiger partial charge is 0.328 e. The lowest BCUT2D eigenvalue weighted by Crippen LogP contribution is -2.37. The van der Waals surface area contributed by atoms with Crippen LogP contribution >= 0.6 is 0 Å². The lowest BCUT2D eigenvalue weighted by Gasteiger charge is -2.20. The molecule has 1 heterocycles. The minimum absolute atomic E-state index is 0.106. The lowest BCUT2D eigenvalue weighted by atomic mass is 10.1. The maximum Gasteiger partial charge on any atom is 0.125 e. The molecule has 104 valence electrons. The molecule has 0 atom stereocenters. The lowest BCUT2D eigenvalue weighted by molar-refractivity contribution is 0.425. The molecule has 19 heavy (non-hydrogen) atoms. The van der Waals surface area contributed by atoms with E-state index in [2.05, 4.69) is 42.6 Å². The Morgan fingerprint density at radius 3 is 2.68 bits per heavy atom. The normalized spacial score (nSPS) is 12.3. The van der Waals surface area contributed by atoms with Gasteiger partial charge in [0.25, 0.3) is 0 Å². The molecule has 0 fully saturated rings. The predicted octanol–water partition coefficient (Wildman–Crippen LogP) is 3.13. The van der Waals surface area contributed by atoms with Crippen molar-refractivity contribution in [3.8, 4) is 0 Å². The van der Waals surface area contributed by atoms with E-state index < -0.39 is 0 Å². The predicted molar refractivity (Wildman–Crippen MR) is 76.8 cm³/mol. The second-order valence-corrected chi connectivity index (χ2v) is 5.83. The van der Waals surface area contributed by atoms with Crippen LogP contribution in [0.3, 0.4) is 0 Å². The summed E-state index contributed by atoms with van der Waals surface area (Å²) in [5.74, 6) is 0.785. The van der Waals surface area contributed by atoms with E-state index in [-0.39, 0.29) is 11.4 Å². The van der Waals surface area contributed by atoms with E-state index in [9.17, 15) is 4.39 Å². The highest BCUT2D eigenvalue weighted by Gasteiger charge is 2.12. The Kier molecular flexibility index (Phi) is 3.90. The first kappa shape index (κ1) is 14.0. The van der Waals surface area contributed by atoms with Crippen LogP contribution < -0.4 is 5.32 Å². The maximum absolute atomic E-state index is 13.2. The summed E-state index contributed by atoms with van der Waals surface area (Å²) >= 11 is 0. The fourth-order valence-electron chi connectivity index (χ4n) is 2.25. The molecule has 0 radical (unpaired) electrons. The van der Waals surface area contributed by atoms with Gasteiger partial charge < -0.3 is 9.88 Å². The Hall–Kier alpha value is -1.42. The number of benzene rings is 1. The fourth-order valence-corrected chi connectivity index (χ4v) is 2.25. The molecular formula is C15H22FN3. The molecular weight excluding hydrogens is 241 g/mol. The Bertz CT molecular complexity index is 567. The number of nitrogens with one attached hydrogen (secondary N) is 1. The van der Waals surface area contributed by atoms with Gasteiger partial charge in [0.2, 0.25) is 0 Å². The third kappa shape index (κ3) is 3.32. The number of nitrogens with zero attached hydrogens (tertiary/aromatic N) is 2. The number of hydrogen-bond donors (Lipinski definition) is 1. The minimum Gasteiger partial charge on any atom is -0.328 e. The summed E-state index contributed by atoms with van der Waals surface area (Å²) in [7, 11) is 0. The zero-order valence-corrected chi connectivity index (χ0v) is 12.1. The SMILES string of the molecule is CCn1c(CCNC(C)(C)C)nc2cc(F)ccc21. The Labute approximate surface area is 113 Å². The smallest absolute Gasteiger partial charge is 0.125 e. The van der Waals surface area contributed by atoms with Crippen LogP contribution in [0.5, 0.6) is 0 Å². The average molecular weight is 263 g/mol. The van der Waals surface area contributed by atoms with Crippen LogP contribution in [0.25, 0.3) is 11.0 Å². The number of hydrogen-bond acceptors (Lipinski definition) is 2. The number of aromatic nitrogens is 2.